The van der Waals surface area contributed by atoms with Crippen LogP contribution in [0.1, 0.15) is 37.9 Å². The summed E-state index contributed by atoms with van der Waals surface area (Å²) in [5, 5.41) is 3.52. The second-order valence-electron chi connectivity index (χ2n) is 3.74. The van der Waals surface area contributed by atoms with Crippen LogP contribution in [0.15, 0.2) is 35.5 Å². The van der Waals surface area contributed by atoms with Gasteiger partial charge >= 0.3 is 0 Å². The maximum absolute atomic E-state index is 4.44. The SMILES string of the molecule is C=CCCC(NCCC)c1ncccc1Br. The Balaban J connectivity index is 2.74. The Labute approximate surface area is 106 Å². The number of halogens is 1. The molecule has 88 valence electrons. The van der Waals surface area contributed by atoms with Gasteiger partial charge in [-0.25, -0.2) is 0 Å². The Kier molecular flexibility index (Phi) is 6.34. The number of aromatic nitrogens is 1. The zero-order valence-corrected chi connectivity index (χ0v) is 11.3. The van der Waals surface area contributed by atoms with E-state index in [2.05, 4.69) is 39.7 Å². The monoisotopic (exact) mass is 282 g/mol. The van der Waals surface area contributed by atoms with E-state index in [0.29, 0.717) is 6.04 Å². The second-order valence-corrected chi connectivity index (χ2v) is 4.60. The molecule has 1 heterocycles. The molecule has 0 spiro atoms. The first kappa shape index (κ1) is 13.4. The molecule has 0 fully saturated rings. The molecule has 0 saturated heterocycles. The van der Waals surface area contributed by atoms with Gasteiger partial charge in [0.05, 0.1) is 11.7 Å². The van der Waals surface area contributed by atoms with Crippen LogP contribution in [0.3, 0.4) is 0 Å². The van der Waals surface area contributed by atoms with Crippen molar-refractivity contribution in [2.24, 2.45) is 0 Å². The lowest BCUT2D eigenvalue weighted by molar-refractivity contribution is 0.490. The zero-order chi connectivity index (χ0) is 11.8. The van der Waals surface area contributed by atoms with Crippen molar-refractivity contribution in [3.63, 3.8) is 0 Å². The van der Waals surface area contributed by atoms with Crippen LogP contribution in [0.5, 0.6) is 0 Å². The van der Waals surface area contributed by atoms with Crippen molar-refractivity contribution < 1.29 is 0 Å². The van der Waals surface area contributed by atoms with E-state index in [9.17, 15) is 0 Å². The van der Waals surface area contributed by atoms with Crippen LogP contribution < -0.4 is 5.32 Å². The molecule has 0 bridgehead atoms. The fourth-order valence-corrected chi connectivity index (χ4v) is 2.12. The molecule has 0 aliphatic carbocycles. The largest absolute Gasteiger partial charge is 0.309 e. The van der Waals surface area contributed by atoms with E-state index < -0.39 is 0 Å². The molecule has 1 rings (SSSR count). The highest BCUT2D eigenvalue weighted by Gasteiger charge is 2.13. The van der Waals surface area contributed by atoms with E-state index in [4.69, 9.17) is 0 Å². The maximum Gasteiger partial charge on any atom is 0.0714 e. The number of rotatable bonds is 7. The number of allylic oxidation sites excluding steroid dienone is 1. The van der Waals surface area contributed by atoms with Gasteiger partial charge in [0.15, 0.2) is 0 Å². The third kappa shape index (κ3) is 4.06. The van der Waals surface area contributed by atoms with Crippen LogP contribution in [-0.4, -0.2) is 11.5 Å². The lowest BCUT2D eigenvalue weighted by atomic mass is 10.1. The summed E-state index contributed by atoms with van der Waals surface area (Å²) in [4.78, 5) is 4.44. The lowest BCUT2D eigenvalue weighted by Gasteiger charge is -2.18. The predicted molar refractivity (Wildman–Crippen MR) is 72.4 cm³/mol. The van der Waals surface area contributed by atoms with E-state index in [1.54, 1.807) is 0 Å². The second kappa shape index (κ2) is 7.58. The topological polar surface area (TPSA) is 24.9 Å². The van der Waals surface area contributed by atoms with Crippen molar-refractivity contribution in [3.8, 4) is 0 Å². The normalized spacial score (nSPS) is 12.4. The molecule has 1 aromatic rings. The third-order valence-electron chi connectivity index (χ3n) is 2.42. The number of nitrogens with zero attached hydrogens (tertiary/aromatic N) is 1. The number of nitrogens with one attached hydrogen (secondary N) is 1. The van der Waals surface area contributed by atoms with Gasteiger partial charge in [0.25, 0.3) is 0 Å². The summed E-state index contributed by atoms with van der Waals surface area (Å²) in [6.45, 7) is 6.96. The van der Waals surface area contributed by atoms with Crippen molar-refractivity contribution in [3.05, 3.63) is 41.2 Å². The fourth-order valence-electron chi connectivity index (χ4n) is 1.59. The average molecular weight is 283 g/mol. The number of hydrogen-bond acceptors (Lipinski definition) is 2. The van der Waals surface area contributed by atoms with Crippen LogP contribution >= 0.6 is 15.9 Å². The Morgan fingerprint density at radius 1 is 1.62 bits per heavy atom. The van der Waals surface area contributed by atoms with Crippen molar-refractivity contribution in [1.82, 2.24) is 10.3 Å². The maximum atomic E-state index is 4.44. The molecule has 2 nitrogen and oxygen atoms in total. The molecule has 0 radical (unpaired) electrons. The highest BCUT2D eigenvalue weighted by Crippen LogP contribution is 2.24. The third-order valence-corrected chi connectivity index (χ3v) is 3.09. The number of pyridine rings is 1. The summed E-state index contributed by atoms with van der Waals surface area (Å²) in [6, 6.07) is 4.29. The van der Waals surface area contributed by atoms with Crippen LogP contribution in [0, 0.1) is 0 Å². The van der Waals surface area contributed by atoms with Gasteiger partial charge in [-0.2, -0.15) is 0 Å². The van der Waals surface area contributed by atoms with E-state index in [1.807, 2.05) is 24.4 Å². The van der Waals surface area contributed by atoms with Gasteiger partial charge in [-0.3, -0.25) is 4.98 Å². The molecule has 1 aromatic heterocycles. The van der Waals surface area contributed by atoms with Crippen molar-refractivity contribution >= 4 is 15.9 Å². The van der Waals surface area contributed by atoms with Gasteiger partial charge in [0.2, 0.25) is 0 Å². The molecule has 1 atom stereocenters. The van der Waals surface area contributed by atoms with Crippen LogP contribution in [0.4, 0.5) is 0 Å². The molecule has 16 heavy (non-hydrogen) atoms. The Hall–Kier alpha value is -0.670. The van der Waals surface area contributed by atoms with E-state index in [-0.39, 0.29) is 0 Å². The van der Waals surface area contributed by atoms with Gasteiger partial charge < -0.3 is 5.32 Å². The van der Waals surface area contributed by atoms with Gasteiger partial charge in [-0.05, 0) is 53.9 Å². The molecule has 3 heteroatoms. The van der Waals surface area contributed by atoms with Gasteiger partial charge in [0.1, 0.15) is 0 Å². The summed E-state index contributed by atoms with van der Waals surface area (Å²) in [5.74, 6) is 0. The highest BCUT2D eigenvalue weighted by atomic mass is 79.9. The molecule has 0 aliphatic heterocycles. The van der Waals surface area contributed by atoms with E-state index in [1.165, 1.54) is 0 Å². The molecular weight excluding hydrogens is 264 g/mol. The van der Waals surface area contributed by atoms with E-state index in [0.717, 1.165) is 36.0 Å². The van der Waals surface area contributed by atoms with Crippen LogP contribution in [0.2, 0.25) is 0 Å². The summed E-state index contributed by atoms with van der Waals surface area (Å²) in [7, 11) is 0. The molecule has 0 amide bonds. The molecule has 0 aliphatic rings. The quantitative estimate of drug-likeness (QED) is 0.769. The van der Waals surface area contributed by atoms with Crippen LogP contribution in [0.25, 0.3) is 0 Å². The Morgan fingerprint density at radius 2 is 2.44 bits per heavy atom. The lowest BCUT2D eigenvalue weighted by Crippen LogP contribution is -2.23. The smallest absolute Gasteiger partial charge is 0.0714 e. The van der Waals surface area contributed by atoms with Gasteiger partial charge in [0, 0.05) is 10.7 Å². The molecule has 0 saturated carbocycles. The van der Waals surface area contributed by atoms with Gasteiger partial charge in [-0.15, -0.1) is 6.58 Å². The highest BCUT2D eigenvalue weighted by molar-refractivity contribution is 9.10. The minimum atomic E-state index is 0.313. The standard InChI is InChI=1S/C13H19BrN2/c1-3-5-8-12(15-9-4-2)13-11(14)7-6-10-16-13/h3,6-7,10,12,15H,1,4-5,8-9H2,2H3. The van der Waals surface area contributed by atoms with Crippen molar-refractivity contribution in [1.29, 1.82) is 0 Å². The molecular formula is C13H19BrN2. The molecule has 1 unspecified atom stereocenters. The molecule has 1 N–H and O–H groups in total. The predicted octanol–water partition coefficient (Wildman–Crippen LogP) is 3.85. The van der Waals surface area contributed by atoms with Gasteiger partial charge in [-0.1, -0.05) is 13.0 Å². The first-order valence-corrected chi connectivity index (χ1v) is 6.53. The minimum absolute atomic E-state index is 0.313. The Bertz CT molecular complexity index is 325. The van der Waals surface area contributed by atoms with Crippen molar-refractivity contribution in [2.75, 3.05) is 6.54 Å². The first-order valence-electron chi connectivity index (χ1n) is 5.74. The number of hydrogen-bond donors (Lipinski definition) is 1. The minimum Gasteiger partial charge on any atom is -0.309 e. The average Bonchev–Trinajstić information content (AvgIpc) is 2.31. The summed E-state index contributed by atoms with van der Waals surface area (Å²) >= 11 is 3.55. The Morgan fingerprint density at radius 3 is 3.06 bits per heavy atom. The van der Waals surface area contributed by atoms with Crippen LogP contribution in [-0.2, 0) is 0 Å². The summed E-state index contributed by atoms with van der Waals surface area (Å²) in [5.41, 5.74) is 1.10. The fraction of sp³-hybridized carbons (Fsp3) is 0.462. The summed E-state index contributed by atoms with van der Waals surface area (Å²) in [6.07, 6.45) is 6.98. The van der Waals surface area contributed by atoms with Crippen molar-refractivity contribution in [2.45, 2.75) is 32.2 Å². The molecule has 0 aromatic carbocycles. The first-order chi connectivity index (χ1) is 7.79. The zero-order valence-electron chi connectivity index (χ0n) is 9.75. The van der Waals surface area contributed by atoms with E-state index >= 15 is 0 Å². The summed E-state index contributed by atoms with van der Waals surface area (Å²) < 4.78 is 1.08.